The number of benzene rings is 3. The van der Waals surface area contributed by atoms with Crippen molar-refractivity contribution in [3.63, 3.8) is 0 Å². The van der Waals surface area contributed by atoms with Gasteiger partial charge in [0.1, 0.15) is 5.82 Å². The van der Waals surface area contributed by atoms with Crippen LogP contribution in [0.15, 0.2) is 83.8 Å². The van der Waals surface area contributed by atoms with Crippen molar-refractivity contribution in [2.75, 3.05) is 0 Å². The molecule has 1 N–H and O–H groups in total. The second-order valence-electron chi connectivity index (χ2n) is 6.69. The third-order valence-electron chi connectivity index (χ3n) is 4.73. The summed E-state index contributed by atoms with van der Waals surface area (Å²) in [5, 5.41) is 0.378. The fourth-order valence-corrected chi connectivity index (χ4v) is 4.55. The Kier molecular flexibility index (Phi) is 5.67. The van der Waals surface area contributed by atoms with Crippen molar-refractivity contribution in [1.82, 2.24) is 14.3 Å². The molecule has 3 aromatic carbocycles. The summed E-state index contributed by atoms with van der Waals surface area (Å²) in [4.78, 5) is 4.79. The normalized spacial score (nSPS) is 11.8. The van der Waals surface area contributed by atoms with Gasteiger partial charge in [-0.2, -0.15) is 0 Å². The molecule has 0 atom stereocenters. The number of halogens is 1. The molecule has 1 aromatic heterocycles. The monoisotopic (exact) mass is 425 g/mol. The average molecular weight is 426 g/mol. The molecular weight excluding hydrogens is 406 g/mol. The van der Waals surface area contributed by atoms with Gasteiger partial charge in [0.15, 0.2) is 0 Å². The van der Waals surface area contributed by atoms with Gasteiger partial charge in [0.25, 0.3) is 0 Å². The molecule has 0 saturated carbocycles. The molecule has 4 rings (SSSR count). The van der Waals surface area contributed by atoms with Gasteiger partial charge in [-0.3, -0.25) is 0 Å². The van der Waals surface area contributed by atoms with Crippen molar-refractivity contribution in [1.29, 1.82) is 0 Å². The summed E-state index contributed by atoms with van der Waals surface area (Å²) in [5.74, 6) is 0.674. The van der Waals surface area contributed by atoms with Gasteiger partial charge in [0.05, 0.1) is 22.5 Å². The highest BCUT2D eigenvalue weighted by Crippen LogP contribution is 2.19. The van der Waals surface area contributed by atoms with Gasteiger partial charge in [-0.05, 0) is 42.3 Å². The number of rotatable bonds is 7. The minimum absolute atomic E-state index is 0.0956. The molecule has 0 aliphatic heterocycles. The summed E-state index contributed by atoms with van der Waals surface area (Å²) in [6.45, 7) is 0.803. The zero-order valence-electron chi connectivity index (χ0n) is 15.6. The lowest BCUT2D eigenvalue weighted by molar-refractivity contribution is 0.574. The van der Waals surface area contributed by atoms with Crippen LogP contribution >= 0.6 is 11.6 Å². The molecule has 0 spiro atoms. The zero-order valence-corrected chi connectivity index (χ0v) is 17.2. The Labute approximate surface area is 175 Å². The van der Waals surface area contributed by atoms with E-state index in [9.17, 15) is 8.42 Å². The predicted molar refractivity (Wildman–Crippen MR) is 115 cm³/mol. The third kappa shape index (κ3) is 4.50. The number of hydrogen-bond acceptors (Lipinski definition) is 3. The maximum atomic E-state index is 12.7. The van der Waals surface area contributed by atoms with Gasteiger partial charge in [0, 0.05) is 11.6 Å². The topological polar surface area (TPSA) is 64.0 Å². The quantitative estimate of drug-likeness (QED) is 0.477. The van der Waals surface area contributed by atoms with E-state index in [1.807, 2.05) is 42.5 Å². The highest BCUT2D eigenvalue weighted by Gasteiger charge is 2.17. The van der Waals surface area contributed by atoms with Gasteiger partial charge in [0.2, 0.25) is 10.0 Å². The molecule has 0 fully saturated rings. The summed E-state index contributed by atoms with van der Waals surface area (Å²) >= 11 is 5.94. The van der Waals surface area contributed by atoms with Crippen molar-refractivity contribution in [2.24, 2.45) is 0 Å². The predicted octanol–water partition coefficient (Wildman–Crippen LogP) is 4.41. The Morgan fingerprint density at radius 1 is 0.931 bits per heavy atom. The van der Waals surface area contributed by atoms with Crippen LogP contribution in [0.25, 0.3) is 11.0 Å². The van der Waals surface area contributed by atoms with E-state index in [1.165, 1.54) is 17.7 Å². The fraction of sp³-hybridized carbons (Fsp3) is 0.136. The van der Waals surface area contributed by atoms with Gasteiger partial charge in [-0.25, -0.2) is 18.1 Å². The smallest absolute Gasteiger partial charge is 0.241 e. The summed E-state index contributed by atoms with van der Waals surface area (Å²) in [7, 11) is -3.69. The van der Waals surface area contributed by atoms with Crippen molar-refractivity contribution in [2.45, 2.75) is 24.4 Å². The van der Waals surface area contributed by atoms with Crippen LogP contribution in [0.5, 0.6) is 0 Å². The van der Waals surface area contributed by atoms with Crippen molar-refractivity contribution < 1.29 is 8.42 Å². The van der Waals surface area contributed by atoms with Gasteiger partial charge in [-0.1, -0.05) is 60.1 Å². The molecule has 5 nitrogen and oxygen atoms in total. The Morgan fingerprint density at radius 3 is 2.48 bits per heavy atom. The van der Waals surface area contributed by atoms with Crippen molar-refractivity contribution in [3.8, 4) is 0 Å². The molecule has 0 amide bonds. The van der Waals surface area contributed by atoms with E-state index in [0.717, 1.165) is 17.5 Å². The Hall–Kier alpha value is -2.67. The standard InChI is InChI=1S/C22H20ClN3O2S/c23-18-9-6-10-19(15-18)29(27,28)24-16-22-25-20-11-4-5-12-21(20)26(22)14-13-17-7-2-1-3-8-17/h1-12,15,24H,13-14,16H2. The molecule has 29 heavy (non-hydrogen) atoms. The average Bonchev–Trinajstić information content (AvgIpc) is 3.09. The minimum Gasteiger partial charge on any atom is -0.327 e. The molecule has 4 aromatic rings. The van der Waals surface area contributed by atoms with Crippen LogP contribution in [0, 0.1) is 0 Å². The zero-order chi connectivity index (χ0) is 20.3. The molecule has 0 unspecified atom stereocenters. The molecule has 7 heteroatoms. The largest absolute Gasteiger partial charge is 0.327 e. The number of imidazole rings is 1. The van der Waals surface area contributed by atoms with E-state index in [2.05, 4.69) is 26.4 Å². The number of hydrogen-bond donors (Lipinski definition) is 1. The van der Waals surface area contributed by atoms with E-state index >= 15 is 0 Å². The highest BCUT2D eigenvalue weighted by molar-refractivity contribution is 7.89. The first-order valence-corrected chi connectivity index (χ1v) is 11.1. The van der Waals surface area contributed by atoms with Gasteiger partial charge in [-0.15, -0.1) is 0 Å². The first-order valence-electron chi connectivity index (χ1n) is 9.26. The lowest BCUT2D eigenvalue weighted by Crippen LogP contribution is -2.25. The molecule has 0 saturated heterocycles. The summed E-state index contributed by atoms with van der Waals surface area (Å²) in [5.41, 5.74) is 3.05. The van der Waals surface area contributed by atoms with Crippen LogP contribution in [0.4, 0.5) is 0 Å². The number of aryl methyl sites for hydroxylation is 2. The minimum atomic E-state index is -3.69. The Morgan fingerprint density at radius 2 is 1.69 bits per heavy atom. The van der Waals surface area contributed by atoms with Gasteiger partial charge >= 0.3 is 0 Å². The number of sulfonamides is 1. The Balaban J connectivity index is 1.59. The molecule has 0 aliphatic rings. The van der Waals surface area contributed by atoms with Crippen LogP contribution in [-0.4, -0.2) is 18.0 Å². The first kappa shape index (κ1) is 19.6. The molecule has 0 radical (unpaired) electrons. The summed E-state index contributed by atoms with van der Waals surface area (Å²) in [6.07, 6.45) is 0.829. The maximum Gasteiger partial charge on any atom is 0.241 e. The second-order valence-corrected chi connectivity index (χ2v) is 8.89. The van der Waals surface area contributed by atoms with Crippen LogP contribution in [-0.2, 0) is 29.5 Å². The maximum absolute atomic E-state index is 12.7. The van der Waals surface area contributed by atoms with Crippen LogP contribution in [0.1, 0.15) is 11.4 Å². The van der Waals surface area contributed by atoms with E-state index in [-0.39, 0.29) is 11.4 Å². The second kappa shape index (κ2) is 8.37. The third-order valence-corrected chi connectivity index (χ3v) is 6.36. The number of nitrogens with zero attached hydrogens (tertiary/aromatic N) is 2. The van der Waals surface area contributed by atoms with E-state index in [0.29, 0.717) is 17.4 Å². The van der Waals surface area contributed by atoms with Crippen LogP contribution in [0.2, 0.25) is 5.02 Å². The van der Waals surface area contributed by atoms with Crippen molar-refractivity contribution >= 4 is 32.7 Å². The lowest BCUT2D eigenvalue weighted by Gasteiger charge is -2.11. The lowest BCUT2D eigenvalue weighted by atomic mass is 10.1. The molecule has 148 valence electrons. The van der Waals surface area contributed by atoms with Crippen molar-refractivity contribution in [3.05, 3.63) is 95.3 Å². The molecule has 0 aliphatic carbocycles. The number of para-hydroxylation sites is 2. The SMILES string of the molecule is O=S(=O)(NCc1nc2ccccc2n1CCc1ccccc1)c1cccc(Cl)c1. The van der Waals surface area contributed by atoms with E-state index in [4.69, 9.17) is 11.6 Å². The summed E-state index contributed by atoms with van der Waals surface area (Å²) in [6, 6.07) is 24.2. The highest BCUT2D eigenvalue weighted by atomic mass is 35.5. The fourth-order valence-electron chi connectivity index (χ4n) is 3.27. The number of fused-ring (bicyclic) bond motifs is 1. The van der Waals surface area contributed by atoms with Gasteiger partial charge < -0.3 is 4.57 Å². The summed E-state index contributed by atoms with van der Waals surface area (Å²) < 4.78 is 30.0. The van der Waals surface area contributed by atoms with Crippen LogP contribution < -0.4 is 4.72 Å². The molecule has 1 heterocycles. The number of aromatic nitrogens is 2. The molecular formula is C22H20ClN3O2S. The van der Waals surface area contributed by atoms with E-state index < -0.39 is 10.0 Å². The van der Waals surface area contributed by atoms with Crippen LogP contribution in [0.3, 0.4) is 0 Å². The Bertz CT molecular complexity index is 1240. The number of nitrogens with one attached hydrogen (secondary N) is 1. The van der Waals surface area contributed by atoms with E-state index in [1.54, 1.807) is 12.1 Å². The first-order chi connectivity index (χ1) is 14.0. The molecule has 0 bridgehead atoms.